The molecule has 2 aromatic carbocycles. The van der Waals surface area contributed by atoms with Crippen molar-refractivity contribution in [2.45, 2.75) is 26.7 Å². The van der Waals surface area contributed by atoms with Crippen molar-refractivity contribution in [2.75, 3.05) is 23.3 Å². The van der Waals surface area contributed by atoms with Crippen molar-refractivity contribution in [1.29, 1.82) is 0 Å². The van der Waals surface area contributed by atoms with Crippen LogP contribution in [0, 0.1) is 13.8 Å². The minimum atomic E-state index is -0.197. The zero-order chi connectivity index (χ0) is 21.8. The first kappa shape index (κ1) is 20.9. The van der Waals surface area contributed by atoms with E-state index in [-0.39, 0.29) is 18.4 Å². The third kappa shape index (κ3) is 4.86. The smallest absolute Gasteiger partial charge is 0.323 e. The Morgan fingerprint density at radius 3 is 2.74 bits per heavy atom. The highest BCUT2D eigenvalue weighted by atomic mass is 32.1. The largest absolute Gasteiger partial charge is 0.455 e. The van der Waals surface area contributed by atoms with Crippen LogP contribution in [0.4, 0.5) is 15.6 Å². The lowest BCUT2D eigenvalue weighted by Crippen LogP contribution is -2.46. The molecule has 0 aliphatic carbocycles. The van der Waals surface area contributed by atoms with Crippen molar-refractivity contribution in [3.63, 3.8) is 0 Å². The van der Waals surface area contributed by atoms with Crippen molar-refractivity contribution >= 4 is 34.1 Å². The van der Waals surface area contributed by atoms with Gasteiger partial charge in [0.2, 0.25) is 5.91 Å². The summed E-state index contributed by atoms with van der Waals surface area (Å²) in [5.41, 5.74) is 3.28. The molecule has 0 bridgehead atoms. The molecule has 0 unspecified atom stereocenters. The van der Waals surface area contributed by atoms with Crippen molar-refractivity contribution in [1.82, 2.24) is 10.3 Å². The lowest BCUT2D eigenvalue weighted by atomic mass is 10.1. The molecule has 2 N–H and O–H groups in total. The first-order valence-electron chi connectivity index (χ1n) is 10.1. The van der Waals surface area contributed by atoms with Crippen molar-refractivity contribution in [2.24, 2.45) is 0 Å². The van der Waals surface area contributed by atoms with E-state index in [4.69, 9.17) is 4.74 Å². The lowest BCUT2D eigenvalue weighted by Gasteiger charge is -2.24. The van der Waals surface area contributed by atoms with Crippen LogP contribution in [0.15, 0.2) is 47.8 Å². The highest BCUT2D eigenvalue weighted by Gasteiger charge is 2.22. The van der Waals surface area contributed by atoms with Crippen molar-refractivity contribution in [3.05, 3.63) is 64.7 Å². The van der Waals surface area contributed by atoms with Crippen LogP contribution >= 0.6 is 11.3 Å². The number of hydrogen-bond donors (Lipinski definition) is 2. The molecule has 160 valence electrons. The first-order chi connectivity index (χ1) is 15.0. The molecule has 7 nitrogen and oxygen atoms in total. The quantitative estimate of drug-likeness (QED) is 0.589. The normalized spacial score (nSPS) is 13.6. The van der Waals surface area contributed by atoms with Gasteiger partial charge in [-0.2, -0.15) is 0 Å². The molecule has 0 atom stereocenters. The lowest BCUT2D eigenvalue weighted by molar-refractivity contribution is -0.115. The first-order valence-corrected chi connectivity index (χ1v) is 11.0. The van der Waals surface area contributed by atoms with E-state index < -0.39 is 0 Å². The molecule has 1 aliphatic rings. The molecular weight excluding hydrogens is 412 g/mol. The fourth-order valence-corrected chi connectivity index (χ4v) is 4.25. The molecule has 2 heterocycles. The molecule has 0 spiro atoms. The fourth-order valence-electron chi connectivity index (χ4n) is 3.40. The highest BCUT2D eigenvalue weighted by molar-refractivity contribution is 7.14. The summed E-state index contributed by atoms with van der Waals surface area (Å²) >= 11 is 1.37. The van der Waals surface area contributed by atoms with Gasteiger partial charge < -0.3 is 15.4 Å². The molecule has 1 saturated heterocycles. The van der Waals surface area contributed by atoms with Gasteiger partial charge in [-0.25, -0.2) is 9.78 Å². The number of benzene rings is 2. The molecule has 3 aromatic rings. The van der Waals surface area contributed by atoms with E-state index in [1.54, 1.807) is 4.90 Å². The second kappa shape index (κ2) is 9.18. The number of carbonyl (C=O) groups is 2. The number of para-hydroxylation sites is 3. The standard InChI is InChI=1S/C23H24N4O3S/c1-15-7-5-8-16(2)21(15)30-19-10-4-3-9-18(19)26-20(28)13-17-14-31-23(25-17)27-12-6-11-24-22(27)29/h3-5,7-10,14H,6,11-13H2,1-2H3,(H,24,29)(H,26,28). The number of nitrogens with zero attached hydrogens (tertiary/aromatic N) is 2. The summed E-state index contributed by atoms with van der Waals surface area (Å²) in [6, 6.07) is 13.2. The Morgan fingerprint density at radius 2 is 1.97 bits per heavy atom. The van der Waals surface area contributed by atoms with Crippen LogP contribution in [0.1, 0.15) is 23.2 Å². The molecule has 0 saturated carbocycles. The predicted octanol–water partition coefficient (Wildman–Crippen LogP) is 4.65. The molecule has 0 radical (unpaired) electrons. The van der Waals surface area contributed by atoms with Gasteiger partial charge in [-0.15, -0.1) is 11.3 Å². The zero-order valence-corrected chi connectivity index (χ0v) is 18.3. The van der Waals surface area contributed by atoms with E-state index in [9.17, 15) is 9.59 Å². The minimum Gasteiger partial charge on any atom is -0.455 e. The van der Waals surface area contributed by atoms with Crippen LogP contribution in [0.25, 0.3) is 0 Å². The Labute approximate surface area is 185 Å². The van der Waals surface area contributed by atoms with Gasteiger partial charge in [0.05, 0.1) is 17.8 Å². The molecule has 8 heteroatoms. The fraction of sp³-hybridized carbons (Fsp3) is 0.261. The molecule has 1 fully saturated rings. The van der Waals surface area contributed by atoms with Crippen molar-refractivity contribution in [3.8, 4) is 11.5 Å². The number of rotatable bonds is 6. The molecule has 31 heavy (non-hydrogen) atoms. The molecule has 1 aromatic heterocycles. The van der Waals surface area contributed by atoms with Gasteiger partial charge in [-0.3, -0.25) is 9.69 Å². The second-order valence-electron chi connectivity index (χ2n) is 7.40. The molecule has 3 amide bonds. The number of thiazole rings is 1. The van der Waals surface area contributed by atoms with Gasteiger partial charge in [0.25, 0.3) is 0 Å². The van der Waals surface area contributed by atoms with E-state index in [0.29, 0.717) is 35.4 Å². The zero-order valence-electron chi connectivity index (χ0n) is 17.5. The number of nitrogens with one attached hydrogen (secondary N) is 2. The predicted molar refractivity (Wildman–Crippen MR) is 122 cm³/mol. The number of ether oxygens (including phenoxy) is 1. The Kier molecular flexibility index (Phi) is 6.18. The molecule has 4 rings (SSSR count). The van der Waals surface area contributed by atoms with Crippen molar-refractivity contribution < 1.29 is 14.3 Å². The maximum Gasteiger partial charge on any atom is 0.323 e. The summed E-state index contributed by atoms with van der Waals surface area (Å²) in [5, 5.41) is 8.16. The number of hydrogen-bond acceptors (Lipinski definition) is 5. The summed E-state index contributed by atoms with van der Waals surface area (Å²) in [6.45, 7) is 5.30. The van der Waals surface area contributed by atoms with Gasteiger partial charge >= 0.3 is 6.03 Å². The van der Waals surface area contributed by atoms with E-state index >= 15 is 0 Å². The summed E-state index contributed by atoms with van der Waals surface area (Å²) in [5.74, 6) is 1.17. The Morgan fingerprint density at radius 1 is 1.19 bits per heavy atom. The number of urea groups is 1. The number of carbonyl (C=O) groups excluding carboxylic acids is 2. The summed E-state index contributed by atoms with van der Waals surface area (Å²) in [4.78, 5) is 30.8. The SMILES string of the molecule is Cc1cccc(C)c1Oc1ccccc1NC(=O)Cc1csc(N2CCCNC2=O)n1. The second-order valence-corrected chi connectivity index (χ2v) is 8.24. The van der Waals surface area contributed by atoms with Gasteiger partial charge in [0.15, 0.2) is 10.9 Å². The maximum atomic E-state index is 12.7. The average molecular weight is 437 g/mol. The van der Waals surface area contributed by atoms with Gasteiger partial charge in [-0.05, 0) is 43.5 Å². The number of amides is 3. The third-order valence-electron chi connectivity index (χ3n) is 4.97. The Bertz CT molecular complexity index is 1090. The Balaban J connectivity index is 1.44. The van der Waals surface area contributed by atoms with Gasteiger partial charge in [-0.1, -0.05) is 30.3 Å². The van der Waals surface area contributed by atoms with Gasteiger partial charge in [0.1, 0.15) is 5.75 Å². The van der Waals surface area contributed by atoms with Crippen LogP contribution in [0.2, 0.25) is 0 Å². The van der Waals surface area contributed by atoms with Crippen LogP contribution in [0.5, 0.6) is 11.5 Å². The average Bonchev–Trinajstić information content (AvgIpc) is 3.20. The third-order valence-corrected chi connectivity index (χ3v) is 5.89. The highest BCUT2D eigenvalue weighted by Crippen LogP contribution is 2.33. The topological polar surface area (TPSA) is 83.6 Å². The molecule has 1 aliphatic heterocycles. The number of aromatic nitrogens is 1. The monoisotopic (exact) mass is 436 g/mol. The van der Waals surface area contributed by atoms with E-state index in [1.807, 2.05) is 61.7 Å². The Hall–Kier alpha value is -3.39. The molecular formula is C23H24N4O3S. The van der Waals surface area contributed by atoms with Gasteiger partial charge in [0, 0.05) is 18.5 Å². The minimum absolute atomic E-state index is 0.115. The van der Waals surface area contributed by atoms with Crippen LogP contribution in [-0.2, 0) is 11.2 Å². The van der Waals surface area contributed by atoms with E-state index in [2.05, 4.69) is 15.6 Å². The number of anilines is 2. The summed E-state index contributed by atoms with van der Waals surface area (Å²) in [7, 11) is 0. The number of aryl methyl sites for hydroxylation is 2. The van der Waals surface area contributed by atoms with E-state index in [1.165, 1.54) is 11.3 Å². The van der Waals surface area contributed by atoms with Crippen LogP contribution in [0.3, 0.4) is 0 Å². The maximum absolute atomic E-state index is 12.7. The summed E-state index contributed by atoms with van der Waals surface area (Å²) in [6.07, 6.45) is 0.988. The van der Waals surface area contributed by atoms with E-state index in [0.717, 1.165) is 23.3 Å². The van der Waals surface area contributed by atoms with Crippen LogP contribution < -0.4 is 20.3 Å². The summed E-state index contributed by atoms with van der Waals surface area (Å²) < 4.78 is 6.14. The van der Waals surface area contributed by atoms with Crippen LogP contribution in [-0.4, -0.2) is 30.0 Å².